The Hall–Kier alpha value is -2.91. The van der Waals surface area contributed by atoms with E-state index in [1.165, 1.54) is 24.3 Å². The number of hydrogen-bond donors (Lipinski definition) is 2. The second kappa shape index (κ2) is 10.6. The molecule has 2 aromatic rings. The van der Waals surface area contributed by atoms with Crippen molar-refractivity contribution in [3.8, 4) is 5.75 Å². The van der Waals surface area contributed by atoms with E-state index in [-0.39, 0.29) is 29.4 Å². The maximum atomic E-state index is 12.2. The molecule has 2 amide bonds. The summed E-state index contributed by atoms with van der Waals surface area (Å²) < 4.78 is 32.2. The number of nitrogens with one attached hydrogen (secondary N) is 2. The van der Waals surface area contributed by atoms with Gasteiger partial charge < -0.3 is 15.0 Å². The molecule has 3 rings (SSSR count). The molecule has 8 nitrogen and oxygen atoms in total. The van der Waals surface area contributed by atoms with Crippen LogP contribution in [-0.4, -0.2) is 50.9 Å². The number of rotatable bonds is 9. The number of sulfonamides is 1. The number of amides is 2. The molecule has 2 aromatic carbocycles. The van der Waals surface area contributed by atoms with E-state index in [0.29, 0.717) is 17.9 Å². The molecule has 2 N–H and O–H groups in total. The SMILES string of the molecule is CC(C)NS(=O)(=O)c1ccc(OCC(=O)Nc2ccc(CC(=O)N3CCCC3)cc2)cc1. The number of anilines is 1. The van der Waals surface area contributed by atoms with E-state index in [9.17, 15) is 18.0 Å². The van der Waals surface area contributed by atoms with Gasteiger partial charge in [-0.2, -0.15) is 0 Å². The van der Waals surface area contributed by atoms with E-state index in [4.69, 9.17) is 4.74 Å². The van der Waals surface area contributed by atoms with Gasteiger partial charge in [0.25, 0.3) is 5.91 Å². The van der Waals surface area contributed by atoms with Crippen LogP contribution in [0.5, 0.6) is 5.75 Å². The molecule has 9 heteroatoms. The maximum absolute atomic E-state index is 12.2. The van der Waals surface area contributed by atoms with Crippen molar-refractivity contribution < 1.29 is 22.7 Å². The predicted octanol–water partition coefficient (Wildman–Crippen LogP) is 2.56. The van der Waals surface area contributed by atoms with Crippen molar-refractivity contribution in [1.82, 2.24) is 9.62 Å². The Balaban J connectivity index is 1.47. The molecule has 0 unspecified atom stereocenters. The Labute approximate surface area is 189 Å². The second-order valence-electron chi connectivity index (χ2n) is 8.05. The van der Waals surface area contributed by atoms with Gasteiger partial charge >= 0.3 is 0 Å². The molecule has 1 aliphatic rings. The summed E-state index contributed by atoms with van der Waals surface area (Å²) in [5, 5.41) is 2.74. The lowest BCUT2D eigenvalue weighted by atomic mass is 10.1. The molecular formula is C23H29N3O5S. The average Bonchev–Trinajstić information content (AvgIpc) is 3.28. The Morgan fingerprint density at radius 2 is 1.62 bits per heavy atom. The Morgan fingerprint density at radius 3 is 2.22 bits per heavy atom. The van der Waals surface area contributed by atoms with Crippen LogP contribution in [0.25, 0.3) is 0 Å². The lowest BCUT2D eigenvalue weighted by molar-refractivity contribution is -0.129. The molecule has 0 aromatic heterocycles. The fraction of sp³-hybridized carbons (Fsp3) is 0.391. The molecule has 0 bridgehead atoms. The van der Waals surface area contributed by atoms with Crippen LogP contribution in [0.2, 0.25) is 0 Å². The van der Waals surface area contributed by atoms with Crippen molar-refractivity contribution in [2.75, 3.05) is 25.0 Å². The molecule has 172 valence electrons. The van der Waals surface area contributed by atoms with Crippen LogP contribution in [0.3, 0.4) is 0 Å². The first kappa shape index (κ1) is 23.7. The number of benzene rings is 2. The monoisotopic (exact) mass is 459 g/mol. The zero-order valence-corrected chi connectivity index (χ0v) is 19.2. The first-order valence-electron chi connectivity index (χ1n) is 10.6. The largest absolute Gasteiger partial charge is 0.484 e. The topological polar surface area (TPSA) is 105 Å². The number of ether oxygens (including phenoxy) is 1. The molecule has 1 saturated heterocycles. The molecule has 0 spiro atoms. The minimum absolute atomic E-state index is 0.131. The van der Waals surface area contributed by atoms with Gasteiger partial charge in [0, 0.05) is 24.8 Å². The van der Waals surface area contributed by atoms with E-state index in [1.54, 1.807) is 26.0 Å². The minimum Gasteiger partial charge on any atom is -0.484 e. The van der Waals surface area contributed by atoms with Crippen LogP contribution in [0.4, 0.5) is 5.69 Å². The highest BCUT2D eigenvalue weighted by atomic mass is 32.2. The highest BCUT2D eigenvalue weighted by molar-refractivity contribution is 7.89. The van der Waals surface area contributed by atoms with E-state index in [1.807, 2.05) is 17.0 Å². The van der Waals surface area contributed by atoms with E-state index >= 15 is 0 Å². The van der Waals surface area contributed by atoms with E-state index < -0.39 is 10.0 Å². The van der Waals surface area contributed by atoms with Crippen molar-refractivity contribution in [2.24, 2.45) is 0 Å². The lowest BCUT2D eigenvalue weighted by Gasteiger charge is -2.15. The summed E-state index contributed by atoms with van der Waals surface area (Å²) in [6.45, 7) is 4.94. The first-order chi connectivity index (χ1) is 15.2. The molecular weight excluding hydrogens is 430 g/mol. The Bertz CT molecular complexity index is 1030. The lowest BCUT2D eigenvalue weighted by Crippen LogP contribution is -2.30. The summed E-state index contributed by atoms with van der Waals surface area (Å²) in [6.07, 6.45) is 2.49. The Kier molecular flexibility index (Phi) is 7.87. The highest BCUT2D eigenvalue weighted by Gasteiger charge is 2.18. The molecule has 0 atom stereocenters. The zero-order chi connectivity index (χ0) is 23.1. The third kappa shape index (κ3) is 6.80. The van der Waals surface area contributed by atoms with Crippen LogP contribution in [-0.2, 0) is 26.0 Å². The third-order valence-electron chi connectivity index (χ3n) is 4.95. The quantitative estimate of drug-likeness (QED) is 0.600. The van der Waals surface area contributed by atoms with Crippen LogP contribution in [0.1, 0.15) is 32.3 Å². The standard InChI is InChI=1S/C23H29N3O5S/c1-17(2)25-32(29,30)21-11-9-20(10-12-21)31-16-22(27)24-19-7-5-18(6-8-19)15-23(28)26-13-3-4-14-26/h5-12,17,25H,3-4,13-16H2,1-2H3,(H,24,27). The van der Waals surface area contributed by atoms with Crippen molar-refractivity contribution in [3.05, 3.63) is 54.1 Å². The van der Waals surface area contributed by atoms with Gasteiger partial charge in [0.2, 0.25) is 15.9 Å². The molecule has 32 heavy (non-hydrogen) atoms. The Morgan fingerprint density at radius 1 is 1.00 bits per heavy atom. The highest BCUT2D eigenvalue weighted by Crippen LogP contribution is 2.17. The predicted molar refractivity (Wildman–Crippen MR) is 122 cm³/mol. The smallest absolute Gasteiger partial charge is 0.262 e. The number of nitrogens with zero attached hydrogens (tertiary/aromatic N) is 1. The van der Waals surface area contributed by atoms with Gasteiger partial charge in [-0.05, 0) is 68.7 Å². The molecule has 1 heterocycles. The van der Waals surface area contributed by atoms with Crippen molar-refractivity contribution in [3.63, 3.8) is 0 Å². The summed E-state index contributed by atoms with van der Waals surface area (Å²) in [4.78, 5) is 26.4. The fourth-order valence-electron chi connectivity index (χ4n) is 3.40. The van der Waals surface area contributed by atoms with Crippen molar-refractivity contribution in [2.45, 2.75) is 44.0 Å². The van der Waals surface area contributed by atoms with Crippen LogP contribution in [0, 0.1) is 0 Å². The molecule has 0 radical (unpaired) electrons. The molecule has 1 aliphatic heterocycles. The third-order valence-corrected chi connectivity index (χ3v) is 6.62. The maximum Gasteiger partial charge on any atom is 0.262 e. The van der Waals surface area contributed by atoms with Gasteiger partial charge in [-0.15, -0.1) is 0 Å². The van der Waals surface area contributed by atoms with Crippen LogP contribution >= 0.6 is 0 Å². The van der Waals surface area contributed by atoms with Crippen molar-refractivity contribution in [1.29, 1.82) is 0 Å². The number of carbonyl (C=O) groups excluding carboxylic acids is 2. The van der Waals surface area contributed by atoms with E-state index in [2.05, 4.69) is 10.0 Å². The van der Waals surface area contributed by atoms with Gasteiger partial charge in [-0.1, -0.05) is 12.1 Å². The van der Waals surface area contributed by atoms with Crippen LogP contribution in [0.15, 0.2) is 53.4 Å². The average molecular weight is 460 g/mol. The number of hydrogen-bond acceptors (Lipinski definition) is 5. The summed E-state index contributed by atoms with van der Waals surface area (Å²) in [6, 6.07) is 12.8. The summed E-state index contributed by atoms with van der Waals surface area (Å²) in [5.41, 5.74) is 1.51. The second-order valence-corrected chi connectivity index (χ2v) is 9.76. The number of carbonyl (C=O) groups is 2. The normalized spacial score (nSPS) is 13.9. The molecule has 0 aliphatic carbocycles. The van der Waals surface area contributed by atoms with E-state index in [0.717, 1.165) is 31.5 Å². The summed E-state index contributed by atoms with van der Waals surface area (Å²) >= 11 is 0. The van der Waals surface area contributed by atoms with Gasteiger partial charge in [-0.25, -0.2) is 13.1 Å². The summed E-state index contributed by atoms with van der Waals surface area (Å²) in [5.74, 6) is 0.176. The van der Waals surface area contributed by atoms with Gasteiger partial charge in [0.05, 0.1) is 11.3 Å². The van der Waals surface area contributed by atoms with Crippen LogP contribution < -0.4 is 14.8 Å². The first-order valence-corrected chi connectivity index (χ1v) is 12.1. The minimum atomic E-state index is -3.57. The van der Waals surface area contributed by atoms with Gasteiger partial charge in [0.1, 0.15) is 5.75 Å². The van der Waals surface area contributed by atoms with Gasteiger partial charge in [0.15, 0.2) is 6.61 Å². The summed E-state index contributed by atoms with van der Waals surface area (Å²) in [7, 11) is -3.57. The zero-order valence-electron chi connectivity index (χ0n) is 18.3. The van der Waals surface area contributed by atoms with Crippen molar-refractivity contribution >= 4 is 27.5 Å². The van der Waals surface area contributed by atoms with Gasteiger partial charge in [-0.3, -0.25) is 9.59 Å². The molecule has 0 saturated carbocycles. The number of likely N-dealkylation sites (tertiary alicyclic amines) is 1. The molecule has 1 fully saturated rings. The fourth-order valence-corrected chi connectivity index (χ4v) is 4.65.